The molecule has 2 aliphatic rings. The summed E-state index contributed by atoms with van der Waals surface area (Å²) in [7, 11) is -3.65. The normalized spacial score (nSPS) is 25.0. The fourth-order valence-electron chi connectivity index (χ4n) is 3.75. The van der Waals surface area contributed by atoms with Crippen LogP contribution in [0.1, 0.15) is 5.56 Å². The van der Waals surface area contributed by atoms with Gasteiger partial charge in [0.25, 0.3) is 5.69 Å². The number of likely N-dealkylation sites (tertiary alicyclic amines) is 1. The number of nitrogens with zero attached hydrogens (tertiary/aromatic N) is 2. The average molecular weight is 373 g/mol. The molecule has 1 aliphatic carbocycles. The smallest absolute Gasteiger partial charge is 0.269 e. The molecule has 136 valence electrons. The van der Waals surface area contributed by atoms with Crippen LogP contribution in [-0.2, 0) is 16.6 Å². The van der Waals surface area contributed by atoms with Gasteiger partial charge in [0.15, 0.2) is 0 Å². The highest BCUT2D eigenvalue weighted by atomic mass is 32.2. The lowest BCUT2D eigenvalue weighted by Crippen LogP contribution is -2.34. The Morgan fingerprint density at radius 1 is 1.04 bits per heavy atom. The Morgan fingerprint density at radius 3 is 2.23 bits per heavy atom. The van der Waals surface area contributed by atoms with Crippen molar-refractivity contribution in [3.63, 3.8) is 0 Å². The van der Waals surface area contributed by atoms with Gasteiger partial charge in [-0.3, -0.25) is 15.0 Å². The maximum atomic E-state index is 12.5. The van der Waals surface area contributed by atoms with E-state index >= 15 is 0 Å². The minimum absolute atomic E-state index is 0.0396. The van der Waals surface area contributed by atoms with Crippen LogP contribution in [0.3, 0.4) is 0 Å². The molecule has 3 atom stereocenters. The summed E-state index contributed by atoms with van der Waals surface area (Å²) < 4.78 is 27.7. The van der Waals surface area contributed by atoms with E-state index in [-0.39, 0.29) is 16.6 Å². The molecule has 1 saturated heterocycles. The van der Waals surface area contributed by atoms with Gasteiger partial charge in [-0.15, -0.1) is 0 Å². The second-order valence-corrected chi connectivity index (χ2v) is 8.62. The van der Waals surface area contributed by atoms with E-state index in [9.17, 15) is 18.5 Å². The van der Waals surface area contributed by atoms with Crippen molar-refractivity contribution in [1.29, 1.82) is 0 Å². The molecule has 1 N–H and O–H groups in total. The molecule has 0 aromatic heterocycles. The molecule has 2 fully saturated rings. The molecule has 1 unspecified atom stereocenters. The van der Waals surface area contributed by atoms with E-state index in [0.717, 1.165) is 19.6 Å². The van der Waals surface area contributed by atoms with E-state index < -0.39 is 14.9 Å². The summed E-state index contributed by atoms with van der Waals surface area (Å²) in [5, 5.41) is 10.7. The van der Waals surface area contributed by atoms with Crippen molar-refractivity contribution in [2.75, 3.05) is 13.1 Å². The molecule has 4 rings (SSSR count). The molecule has 26 heavy (non-hydrogen) atoms. The second kappa shape index (κ2) is 6.46. The Morgan fingerprint density at radius 2 is 1.65 bits per heavy atom. The zero-order valence-electron chi connectivity index (χ0n) is 14.0. The highest BCUT2D eigenvalue weighted by Crippen LogP contribution is 2.46. The van der Waals surface area contributed by atoms with Crippen LogP contribution in [0.5, 0.6) is 0 Å². The third kappa shape index (κ3) is 3.35. The summed E-state index contributed by atoms with van der Waals surface area (Å²) in [6.07, 6.45) is 0. The Hall–Kier alpha value is -2.29. The zero-order valence-corrected chi connectivity index (χ0v) is 14.8. The van der Waals surface area contributed by atoms with Gasteiger partial charge in [-0.2, -0.15) is 0 Å². The molecule has 8 heteroatoms. The Bertz CT molecular complexity index is 903. The highest BCUT2D eigenvalue weighted by Gasteiger charge is 2.56. The van der Waals surface area contributed by atoms with Crippen LogP contribution >= 0.6 is 0 Å². The first-order valence-corrected chi connectivity index (χ1v) is 9.95. The van der Waals surface area contributed by atoms with Gasteiger partial charge < -0.3 is 0 Å². The molecule has 1 heterocycles. The van der Waals surface area contributed by atoms with E-state index in [1.165, 1.54) is 29.8 Å². The number of nitro benzene ring substituents is 1. The fraction of sp³-hybridized carbons (Fsp3) is 0.333. The quantitative estimate of drug-likeness (QED) is 0.618. The van der Waals surface area contributed by atoms with Gasteiger partial charge in [0.1, 0.15) is 0 Å². The molecule has 0 bridgehead atoms. The Labute approximate surface area is 151 Å². The van der Waals surface area contributed by atoms with Crippen LogP contribution in [0.4, 0.5) is 5.69 Å². The largest absolute Gasteiger partial charge is 0.298 e. The summed E-state index contributed by atoms with van der Waals surface area (Å²) in [6.45, 7) is 2.65. The molecule has 0 radical (unpaired) electrons. The van der Waals surface area contributed by atoms with Crippen LogP contribution in [0, 0.1) is 22.0 Å². The number of benzene rings is 2. The van der Waals surface area contributed by atoms with Crippen LogP contribution in [0.15, 0.2) is 59.5 Å². The van der Waals surface area contributed by atoms with E-state index in [1.807, 2.05) is 18.2 Å². The molecule has 2 aromatic rings. The fourth-order valence-corrected chi connectivity index (χ4v) is 5.09. The maximum Gasteiger partial charge on any atom is 0.269 e. The summed E-state index contributed by atoms with van der Waals surface area (Å²) in [4.78, 5) is 12.5. The number of hydrogen-bond donors (Lipinski definition) is 1. The van der Waals surface area contributed by atoms with Crippen molar-refractivity contribution in [3.8, 4) is 0 Å². The van der Waals surface area contributed by atoms with Gasteiger partial charge in [0.05, 0.1) is 9.82 Å². The Balaban J connectivity index is 1.34. The topological polar surface area (TPSA) is 92.5 Å². The van der Waals surface area contributed by atoms with E-state index in [4.69, 9.17) is 0 Å². The van der Waals surface area contributed by atoms with E-state index in [2.05, 4.69) is 21.8 Å². The van der Waals surface area contributed by atoms with Gasteiger partial charge in [0.2, 0.25) is 10.0 Å². The average Bonchev–Trinajstić information content (AvgIpc) is 3.05. The molecule has 1 aliphatic heterocycles. The number of hydrogen-bond acceptors (Lipinski definition) is 5. The minimum Gasteiger partial charge on any atom is -0.298 e. The van der Waals surface area contributed by atoms with Crippen molar-refractivity contribution in [3.05, 3.63) is 70.3 Å². The molecule has 0 amide bonds. The Kier molecular flexibility index (Phi) is 4.26. The van der Waals surface area contributed by atoms with Crippen molar-refractivity contribution in [2.24, 2.45) is 11.8 Å². The van der Waals surface area contributed by atoms with Crippen molar-refractivity contribution >= 4 is 15.7 Å². The summed E-state index contributed by atoms with van der Waals surface area (Å²) in [5.41, 5.74) is 1.14. The number of nitrogens with one attached hydrogen (secondary N) is 1. The lowest BCUT2D eigenvalue weighted by atomic mass is 10.2. The number of nitro groups is 1. The van der Waals surface area contributed by atoms with Gasteiger partial charge >= 0.3 is 0 Å². The third-order valence-corrected chi connectivity index (χ3v) is 6.64. The number of rotatable bonds is 6. The predicted octanol–water partition coefficient (Wildman–Crippen LogP) is 2.00. The summed E-state index contributed by atoms with van der Waals surface area (Å²) >= 11 is 0. The van der Waals surface area contributed by atoms with Crippen LogP contribution in [-0.4, -0.2) is 37.4 Å². The maximum absolute atomic E-state index is 12.5. The lowest BCUT2D eigenvalue weighted by Gasteiger charge is -2.19. The molecule has 7 nitrogen and oxygen atoms in total. The first kappa shape index (κ1) is 17.1. The predicted molar refractivity (Wildman–Crippen MR) is 95.9 cm³/mol. The minimum atomic E-state index is -3.65. The third-order valence-electron chi connectivity index (χ3n) is 5.17. The molecular weight excluding hydrogens is 354 g/mol. The van der Waals surface area contributed by atoms with Gasteiger partial charge in [0, 0.05) is 37.8 Å². The second-order valence-electron chi connectivity index (χ2n) is 6.91. The standard InChI is InChI=1S/C18H19N3O4S/c22-21(23)14-6-8-15(9-7-14)26(24,25)19-18-16-11-20(12-17(16)18)10-13-4-2-1-3-5-13/h1-9,16-19H,10-12H2/t16-,17+,18?. The molecular formula is C18H19N3O4S. The van der Waals surface area contributed by atoms with Crippen molar-refractivity contribution in [2.45, 2.75) is 17.5 Å². The van der Waals surface area contributed by atoms with Gasteiger partial charge in [-0.1, -0.05) is 30.3 Å². The van der Waals surface area contributed by atoms with Crippen molar-refractivity contribution < 1.29 is 13.3 Å². The van der Waals surface area contributed by atoms with Crippen LogP contribution < -0.4 is 4.72 Å². The number of non-ortho nitro benzene ring substituents is 1. The van der Waals surface area contributed by atoms with E-state index in [0.29, 0.717) is 11.8 Å². The van der Waals surface area contributed by atoms with Crippen LogP contribution in [0.2, 0.25) is 0 Å². The van der Waals surface area contributed by atoms with Crippen molar-refractivity contribution in [1.82, 2.24) is 9.62 Å². The molecule has 0 spiro atoms. The first-order chi connectivity index (χ1) is 12.4. The van der Waals surface area contributed by atoms with Gasteiger partial charge in [-0.25, -0.2) is 13.1 Å². The lowest BCUT2D eigenvalue weighted by molar-refractivity contribution is -0.384. The monoisotopic (exact) mass is 373 g/mol. The van der Waals surface area contributed by atoms with Gasteiger partial charge in [-0.05, 0) is 29.5 Å². The summed E-state index contributed by atoms with van der Waals surface area (Å²) in [5.74, 6) is 0.679. The van der Waals surface area contributed by atoms with E-state index in [1.54, 1.807) is 0 Å². The molecule has 1 saturated carbocycles. The number of fused-ring (bicyclic) bond motifs is 1. The first-order valence-electron chi connectivity index (χ1n) is 8.47. The zero-order chi connectivity index (χ0) is 18.3. The SMILES string of the molecule is O=[N+]([O-])c1ccc(S(=O)(=O)NC2[C@H]3CN(Cc4ccccc4)C[C@@H]23)cc1. The molecule has 2 aromatic carbocycles. The highest BCUT2D eigenvalue weighted by molar-refractivity contribution is 7.89. The number of sulfonamides is 1. The van der Waals surface area contributed by atoms with Crippen LogP contribution in [0.25, 0.3) is 0 Å². The number of piperidine rings is 1. The summed E-state index contributed by atoms with van der Waals surface area (Å²) in [6, 6.07) is 15.2.